The van der Waals surface area contributed by atoms with E-state index < -0.39 is 17.5 Å². The number of amides is 4. The van der Waals surface area contributed by atoms with Gasteiger partial charge in [0, 0.05) is 5.69 Å². The van der Waals surface area contributed by atoms with Crippen LogP contribution in [0, 0.1) is 32.1 Å². The Balaban J connectivity index is 1.75. The maximum Gasteiger partial charge on any atom is 0.325 e. The average Bonchev–Trinajstić information content (AvgIpc) is 2.72. The Kier molecular flexibility index (Phi) is 4.98. The molecule has 2 fully saturated rings. The smallest absolute Gasteiger partial charge is 0.323 e. The monoisotopic (exact) mass is 386 g/mol. The van der Waals surface area contributed by atoms with Crippen molar-refractivity contribution in [1.82, 2.24) is 15.2 Å². The third-order valence-electron chi connectivity index (χ3n) is 5.72. The number of aromatic nitrogens is 1. The van der Waals surface area contributed by atoms with Gasteiger partial charge in [-0.1, -0.05) is 20.8 Å². The van der Waals surface area contributed by atoms with Crippen molar-refractivity contribution in [3.63, 3.8) is 0 Å². The van der Waals surface area contributed by atoms with Crippen molar-refractivity contribution < 1.29 is 14.4 Å². The van der Waals surface area contributed by atoms with Crippen LogP contribution in [0.3, 0.4) is 0 Å². The van der Waals surface area contributed by atoms with Crippen LogP contribution in [-0.2, 0) is 9.59 Å². The Morgan fingerprint density at radius 3 is 2.57 bits per heavy atom. The van der Waals surface area contributed by atoms with E-state index in [1.165, 1.54) is 0 Å². The summed E-state index contributed by atoms with van der Waals surface area (Å²) in [4.78, 5) is 43.7. The number of hydrogen-bond acceptors (Lipinski definition) is 4. The Hall–Kier alpha value is -2.44. The van der Waals surface area contributed by atoms with Crippen LogP contribution in [0.15, 0.2) is 6.07 Å². The molecule has 1 aromatic heterocycles. The highest BCUT2D eigenvalue weighted by Gasteiger charge is 2.56. The lowest BCUT2D eigenvalue weighted by atomic mass is 9.64. The summed E-state index contributed by atoms with van der Waals surface area (Å²) in [5.74, 6) is -0.367. The molecule has 4 amide bonds. The molecule has 7 nitrogen and oxygen atoms in total. The van der Waals surface area contributed by atoms with Gasteiger partial charge in [0.05, 0.1) is 11.4 Å². The van der Waals surface area contributed by atoms with Crippen molar-refractivity contribution >= 4 is 23.5 Å². The van der Waals surface area contributed by atoms with Crippen molar-refractivity contribution in [2.75, 3.05) is 11.9 Å². The second-order valence-electron chi connectivity index (χ2n) is 9.35. The molecule has 152 valence electrons. The molecular weight excluding hydrogens is 356 g/mol. The standard InChI is InChI=1S/C21H30N4O3/c1-12-8-20(5,6)11-21(9-12)18(27)25(19(28)24-21)10-16(26)23-17-13(2)7-14(3)22-15(17)4/h7,12H,8-11H2,1-6H3,(H,23,26)(H,24,28). The molecule has 2 unspecified atom stereocenters. The third kappa shape index (κ3) is 3.75. The Morgan fingerprint density at radius 2 is 1.96 bits per heavy atom. The lowest BCUT2D eigenvalue weighted by molar-refractivity contribution is -0.136. The molecule has 0 radical (unpaired) electrons. The number of rotatable bonds is 3. The molecule has 2 N–H and O–H groups in total. The summed E-state index contributed by atoms with van der Waals surface area (Å²) in [6, 6.07) is 1.40. The average molecular weight is 386 g/mol. The molecule has 1 spiro atoms. The van der Waals surface area contributed by atoms with Gasteiger partial charge in [-0.2, -0.15) is 0 Å². The summed E-state index contributed by atoms with van der Waals surface area (Å²) < 4.78 is 0. The first-order valence-electron chi connectivity index (χ1n) is 9.81. The van der Waals surface area contributed by atoms with E-state index in [-0.39, 0.29) is 17.9 Å². The van der Waals surface area contributed by atoms with E-state index >= 15 is 0 Å². The molecule has 0 bridgehead atoms. The van der Waals surface area contributed by atoms with Crippen LogP contribution in [0.5, 0.6) is 0 Å². The zero-order chi connectivity index (χ0) is 20.9. The molecule has 2 aliphatic rings. The molecule has 2 heterocycles. The Labute approximate surface area is 166 Å². The molecule has 7 heteroatoms. The molecule has 1 aliphatic heterocycles. The largest absolute Gasteiger partial charge is 0.325 e. The molecular formula is C21H30N4O3. The highest BCUT2D eigenvalue weighted by Crippen LogP contribution is 2.46. The fraction of sp³-hybridized carbons (Fsp3) is 0.619. The van der Waals surface area contributed by atoms with E-state index in [1.54, 1.807) is 0 Å². The predicted octanol–water partition coefficient (Wildman–Crippen LogP) is 3.08. The maximum atomic E-state index is 13.1. The quantitative estimate of drug-likeness (QED) is 0.781. The van der Waals surface area contributed by atoms with Crippen LogP contribution < -0.4 is 10.6 Å². The number of urea groups is 1. The highest BCUT2D eigenvalue weighted by molar-refractivity contribution is 6.10. The summed E-state index contributed by atoms with van der Waals surface area (Å²) in [5, 5.41) is 5.71. The minimum Gasteiger partial charge on any atom is -0.323 e. The van der Waals surface area contributed by atoms with E-state index in [2.05, 4.69) is 36.4 Å². The van der Waals surface area contributed by atoms with E-state index in [0.29, 0.717) is 30.1 Å². The van der Waals surface area contributed by atoms with Crippen LogP contribution in [0.4, 0.5) is 10.5 Å². The van der Waals surface area contributed by atoms with Gasteiger partial charge in [0.2, 0.25) is 5.91 Å². The van der Waals surface area contributed by atoms with Crippen LogP contribution in [0.25, 0.3) is 0 Å². The Bertz CT molecular complexity index is 825. The number of anilines is 1. The molecule has 1 saturated heterocycles. The number of hydrogen-bond donors (Lipinski definition) is 2. The molecule has 1 saturated carbocycles. The zero-order valence-electron chi connectivity index (χ0n) is 17.6. The Morgan fingerprint density at radius 1 is 1.29 bits per heavy atom. The van der Waals surface area contributed by atoms with Gasteiger partial charge in [-0.05, 0) is 63.0 Å². The van der Waals surface area contributed by atoms with Crippen molar-refractivity contribution in [1.29, 1.82) is 0 Å². The molecule has 1 aliphatic carbocycles. The minimum atomic E-state index is -0.893. The second-order valence-corrected chi connectivity index (χ2v) is 9.35. The number of nitrogens with one attached hydrogen (secondary N) is 2. The third-order valence-corrected chi connectivity index (χ3v) is 5.72. The normalized spacial score (nSPS) is 26.5. The zero-order valence-corrected chi connectivity index (χ0v) is 17.6. The van der Waals surface area contributed by atoms with E-state index in [9.17, 15) is 14.4 Å². The van der Waals surface area contributed by atoms with Crippen LogP contribution >= 0.6 is 0 Å². The second kappa shape index (κ2) is 6.87. The minimum absolute atomic E-state index is 0.0410. The van der Waals surface area contributed by atoms with Gasteiger partial charge in [-0.15, -0.1) is 0 Å². The van der Waals surface area contributed by atoms with E-state index in [1.807, 2.05) is 26.8 Å². The molecule has 1 aromatic rings. The number of carbonyl (C=O) groups is 3. The predicted molar refractivity (Wildman–Crippen MR) is 107 cm³/mol. The van der Waals surface area contributed by atoms with Crippen molar-refractivity contribution in [2.45, 2.75) is 66.3 Å². The van der Waals surface area contributed by atoms with E-state index in [0.717, 1.165) is 22.6 Å². The molecule has 3 rings (SSSR count). The van der Waals surface area contributed by atoms with Gasteiger partial charge in [0.1, 0.15) is 12.1 Å². The molecule has 0 aromatic carbocycles. The highest BCUT2D eigenvalue weighted by atomic mass is 16.2. The van der Waals surface area contributed by atoms with Gasteiger partial charge in [0.15, 0.2) is 0 Å². The first-order valence-corrected chi connectivity index (χ1v) is 9.81. The van der Waals surface area contributed by atoms with Gasteiger partial charge >= 0.3 is 6.03 Å². The van der Waals surface area contributed by atoms with Crippen LogP contribution in [0.1, 0.15) is 57.0 Å². The summed E-state index contributed by atoms with van der Waals surface area (Å²) in [7, 11) is 0. The van der Waals surface area contributed by atoms with Gasteiger partial charge in [-0.3, -0.25) is 19.5 Å². The van der Waals surface area contributed by atoms with Gasteiger partial charge in [0.25, 0.3) is 5.91 Å². The van der Waals surface area contributed by atoms with Gasteiger partial charge in [-0.25, -0.2) is 4.79 Å². The summed E-state index contributed by atoms with van der Waals surface area (Å²) in [6.45, 7) is 11.7. The fourth-order valence-corrected chi connectivity index (χ4v) is 5.18. The SMILES string of the molecule is Cc1cc(C)c(NC(=O)CN2C(=O)NC3(CC(C)CC(C)(C)C3)C2=O)c(C)n1. The topological polar surface area (TPSA) is 91.4 Å². The van der Waals surface area contributed by atoms with Gasteiger partial charge < -0.3 is 10.6 Å². The first kappa shape index (κ1) is 20.3. The van der Waals surface area contributed by atoms with Crippen molar-refractivity contribution in [3.05, 3.63) is 23.0 Å². The number of pyridine rings is 1. The number of nitrogens with zero attached hydrogens (tertiary/aromatic N) is 2. The van der Waals surface area contributed by atoms with Crippen molar-refractivity contribution in [3.8, 4) is 0 Å². The number of carbonyl (C=O) groups excluding carboxylic acids is 3. The number of imide groups is 1. The molecule has 2 atom stereocenters. The maximum absolute atomic E-state index is 13.1. The fourth-order valence-electron chi connectivity index (χ4n) is 5.18. The molecule has 28 heavy (non-hydrogen) atoms. The summed E-state index contributed by atoms with van der Waals surface area (Å²) >= 11 is 0. The summed E-state index contributed by atoms with van der Waals surface area (Å²) in [5.41, 5.74) is 2.18. The first-order chi connectivity index (χ1) is 12.9. The van der Waals surface area contributed by atoms with Crippen LogP contribution in [-0.4, -0.2) is 39.8 Å². The lowest BCUT2D eigenvalue weighted by Crippen LogP contribution is -2.54. The summed E-state index contributed by atoms with van der Waals surface area (Å²) in [6.07, 6.45) is 2.21. The van der Waals surface area contributed by atoms with E-state index in [4.69, 9.17) is 0 Å². The van der Waals surface area contributed by atoms with Crippen molar-refractivity contribution in [2.24, 2.45) is 11.3 Å². The van der Waals surface area contributed by atoms with Crippen LogP contribution in [0.2, 0.25) is 0 Å². The lowest BCUT2D eigenvalue weighted by Gasteiger charge is -2.43. The number of aryl methyl sites for hydroxylation is 3.